The molecule has 1 heterocycles. The molecular formula is C5H8O4. The third kappa shape index (κ3) is 1.89. The summed E-state index contributed by atoms with van der Waals surface area (Å²) in [4.78, 5) is 9.86. The average molecular weight is 132 g/mol. The first-order valence-electron chi connectivity index (χ1n) is 2.71. The van der Waals surface area contributed by atoms with E-state index < -0.39 is 6.16 Å². The van der Waals surface area contributed by atoms with Gasteiger partial charge in [-0.2, -0.15) is 0 Å². The monoisotopic (exact) mass is 132 g/mol. The summed E-state index contributed by atoms with van der Waals surface area (Å²) in [6, 6.07) is 0. The molecule has 52 valence electrons. The minimum atomic E-state index is -1.24. The predicted octanol–water partition coefficient (Wildman–Crippen LogP) is 0.468. The maximum absolute atomic E-state index is 9.86. The fourth-order valence-corrected chi connectivity index (χ4v) is 0.561. The fraction of sp³-hybridized carbons (Fsp3) is 0.800. The summed E-state index contributed by atoms with van der Waals surface area (Å²) in [5.74, 6) is 0. The standard InChI is InChI=1S/C5H8O4/c1-3(4-2-8-4)9-5(6)7/h3-4H,2H2,1H3,(H,6,7). The molecule has 0 aromatic rings. The molecule has 0 aromatic carbocycles. The lowest BCUT2D eigenvalue weighted by atomic mass is 10.3. The van der Waals surface area contributed by atoms with Crippen LogP contribution < -0.4 is 0 Å². The van der Waals surface area contributed by atoms with Crippen molar-refractivity contribution >= 4 is 6.16 Å². The van der Waals surface area contributed by atoms with Crippen LogP contribution in [0.4, 0.5) is 4.79 Å². The minimum Gasteiger partial charge on any atom is -0.450 e. The second-order valence-electron chi connectivity index (χ2n) is 1.96. The van der Waals surface area contributed by atoms with Crippen molar-refractivity contribution in [2.45, 2.75) is 19.1 Å². The molecule has 0 amide bonds. The number of carbonyl (C=O) groups is 1. The summed E-state index contributed by atoms with van der Waals surface area (Å²) in [5, 5.41) is 8.08. The van der Waals surface area contributed by atoms with E-state index >= 15 is 0 Å². The van der Waals surface area contributed by atoms with E-state index in [0.29, 0.717) is 6.61 Å². The minimum absolute atomic E-state index is 0.00102. The summed E-state index contributed by atoms with van der Waals surface area (Å²) in [5.41, 5.74) is 0. The molecule has 0 saturated carbocycles. The molecule has 1 fully saturated rings. The van der Waals surface area contributed by atoms with Gasteiger partial charge < -0.3 is 14.6 Å². The molecule has 4 heteroatoms. The topological polar surface area (TPSA) is 59.1 Å². The zero-order valence-electron chi connectivity index (χ0n) is 5.03. The summed E-state index contributed by atoms with van der Waals surface area (Å²) in [6.07, 6.45) is -1.55. The Morgan fingerprint density at radius 3 is 2.89 bits per heavy atom. The lowest BCUT2D eigenvalue weighted by molar-refractivity contribution is 0.0470. The van der Waals surface area contributed by atoms with Crippen LogP contribution in [0.2, 0.25) is 0 Å². The van der Waals surface area contributed by atoms with Gasteiger partial charge in [0, 0.05) is 0 Å². The lowest BCUT2D eigenvalue weighted by Gasteiger charge is -2.04. The molecule has 9 heavy (non-hydrogen) atoms. The van der Waals surface area contributed by atoms with Crippen molar-refractivity contribution in [3.63, 3.8) is 0 Å². The average Bonchev–Trinajstić information content (AvgIpc) is 2.40. The predicted molar refractivity (Wildman–Crippen MR) is 28.3 cm³/mol. The van der Waals surface area contributed by atoms with E-state index in [9.17, 15) is 4.79 Å². The molecule has 0 bridgehead atoms. The Bertz CT molecular complexity index is 118. The van der Waals surface area contributed by atoms with Gasteiger partial charge in [-0.1, -0.05) is 0 Å². The molecule has 1 aliphatic rings. The van der Waals surface area contributed by atoms with E-state index in [1.165, 1.54) is 0 Å². The number of epoxide rings is 1. The van der Waals surface area contributed by atoms with Gasteiger partial charge in [-0.15, -0.1) is 0 Å². The second-order valence-corrected chi connectivity index (χ2v) is 1.96. The van der Waals surface area contributed by atoms with Crippen molar-refractivity contribution in [1.29, 1.82) is 0 Å². The fourth-order valence-electron chi connectivity index (χ4n) is 0.561. The van der Waals surface area contributed by atoms with Crippen molar-refractivity contribution in [1.82, 2.24) is 0 Å². The van der Waals surface area contributed by atoms with Gasteiger partial charge in [0.2, 0.25) is 0 Å². The SMILES string of the molecule is CC(OC(=O)O)C1CO1. The van der Waals surface area contributed by atoms with Crippen LogP contribution in [-0.2, 0) is 9.47 Å². The Hall–Kier alpha value is -0.770. The maximum atomic E-state index is 9.86. The second kappa shape index (κ2) is 2.23. The smallest absolute Gasteiger partial charge is 0.450 e. The molecule has 0 spiro atoms. The summed E-state index contributed by atoms with van der Waals surface area (Å²) >= 11 is 0. The number of carboxylic acid groups (broad SMARTS) is 1. The largest absolute Gasteiger partial charge is 0.506 e. The van der Waals surface area contributed by atoms with Crippen LogP contribution in [0.5, 0.6) is 0 Å². The zero-order chi connectivity index (χ0) is 6.85. The molecule has 1 saturated heterocycles. The van der Waals surface area contributed by atoms with Crippen LogP contribution in [0, 0.1) is 0 Å². The van der Waals surface area contributed by atoms with Gasteiger partial charge in [0.15, 0.2) is 0 Å². The highest BCUT2D eigenvalue weighted by Crippen LogP contribution is 2.15. The molecule has 0 aliphatic carbocycles. The summed E-state index contributed by atoms with van der Waals surface area (Å²) < 4.78 is 9.15. The Balaban J connectivity index is 2.17. The van der Waals surface area contributed by atoms with Crippen molar-refractivity contribution in [2.24, 2.45) is 0 Å². The van der Waals surface area contributed by atoms with Gasteiger partial charge in [-0.25, -0.2) is 4.79 Å². The molecule has 1 aliphatic heterocycles. The Labute approximate surface area is 52.4 Å². The first-order chi connectivity index (χ1) is 4.20. The van der Waals surface area contributed by atoms with Gasteiger partial charge in [-0.3, -0.25) is 0 Å². The molecule has 4 nitrogen and oxygen atoms in total. The summed E-state index contributed by atoms with van der Waals surface area (Å²) in [6.45, 7) is 2.29. The van der Waals surface area contributed by atoms with Crippen molar-refractivity contribution in [3.8, 4) is 0 Å². The van der Waals surface area contributed by atoms with Gasteiger partial charge in [0.25, 0.3) is 0 Å². The first-order valence-corrected chi connectivity index (χ1v) is 2.71. The van der Waals surface area contributed by atoms with Gasteiger partial charge in [0.1, 0.15) is 12.2 Å². The van der Waals surface area contributed by atoms with Gasteiger partial charge in [0.05, 0.1) is 6.61 Å². The van der Waals surface area contributed by atoms with Crippen LogP contribution in [0.25, 0.3) is 0 Å². The number of hydrogen-bond donors (Lipinski definition) is 1. The van der Waals surface area contributed by atoms with Gasteiger partial charge >= 0.3 is 6.16 Å². The number of ether oxygens (including phenoxy) is 2. The summed E-state index contributed by atoms with van der Waals surface area (Å²) in [7, 11) is 0. The molecule has 1 rings (SSSR count). The molecule has 2 atom stereocenters. The Morgan fingerprint density at radius 2 is 2.56 bits per heavy atom. The Kier molecular flexibility index (Phi) is 1.57. The van der Waals surface area contributed by atoms with Crippen molar-refractivity contribution in [3.05, 3.63) is 0 Å². The highest BCUT2D eigenvalue weighted by Gasteiger charge is 2.32. The Morgan fingerprint density at radius 1 is 2.00 bits per heavy atom. The highest BCUT2D eigenvalue weighted by molar-refractivity contribution is 5.57. The van der Waals surface area contributed by atoms with E-state index in [4.69, 9.17) is 9.84 Å². The van der Waals surface area contributed by atoms with Crippen molar-refractivity contribution in [2.75, 3.05) is 6.61 Å². The van der Waals surface area contributed by atoms with E-state index in [-0.39, 0.29) is 12.2 Å². The lowest BCUT2D eigenvalue weighted by Crippen LogP contribution is -2.18. The van der Waals surface area contributed by atoms with E-state index in [1.807, 2.05) is 0 Å². The quantitative estimate of drug-likeness (QED) is 0.438. The van der Waals surface area contributed by atoms with Crippen LogP contribution in [-0.4, -0.2) is 30.1 Å². The maximum Gasteiger partial charge on any atom is 0.506 e. The molecule has 0 radical (unpaired) electrons. The molecule has 2 unspecified atom stereocenters. The normalized spacial score (nSPS) is 27.0. The molecule has 1 N–H and O–H groups in total. The van der Waals surface area contributed by atoms with Crippen molar-refractivity contribution < 1.29 is 19.4 Å². The van der Waals surface area contributed by atoms with E-state index in [0.717, 1.165) is 0 Å². The molecule has 0 aromatic heterocycles. The highest BCUT2D eigenvalue weighted by atomic mass is 16.7. The molecular weight excluding hydrogens is 124 g/mol. The van der Waals surface area contributed by atoms with E-state index in [2.05, 4.69) is 4.74 Å². The zero-order valence-corrected chi connectivity index (χ0v) is 5.03. The third-order valence-electron chi connectivity index (χ3n) is 1.17. The number of hydrogen-bond acceptors (Lipinski definition) is 3. The van der Waals surface area contributed by atoms with Crippen LogP contribution in [0.15, 0.2) is 0 Å². The van der Waals surface area contributed by atoms with Crippen LogP contribution >= 0.6 is 0 Å². The first kappa shape index (κ1) is 6.35. The third-order valence-corrected chi connectivity index (χ3v) is 1.17. The van der Waals surface area contributed by atoms with Gasteiger partial charge in [-0.05, 0) is 6.92 Å². The van der Waals surface area contributed by atoms with Crippen LogP contribution in [0.1, 0.15) is 6.92 Å². The van der Waals surface area contributed by atoms with E-state index in [1.54, 1.807) is 6.92 Å². The van der Waals surface area contributed by atoms with Crippen LogP contribution in [0.3, 0.4) is 0 Å². The number of rotatable bonds is 2.